The molecule has 134 valence electrons. The summed E-state index contributed by atoms with van der Waals surface area (Å²) in [5, 5.41) is 12.0. The van der Waals surface area contributed by atoms with Gasteiger partial charge >= 0.3 is 0 Å². The van der Waals surface area contributed by atoms with Crippen LogP contribution in [-0.2, 0) is 0 Å². The first-order valence-corrected chi connectivity index (χ1v) is 8.72. The monoisotopic (exact) mass is 356 g/mol. The summed E-state index contributed by atoms with van der Waals surface area (Å²) in [6, 6.07) is 20.6. The zero-order chi connectivity index (χ0) is 19.2. The van der Waals surface area contributed by atoms with Crippen molar-refractivity contribution in [1.82, 2.24) is 4.98 Å². The van der Waals surface area contributed by atoms with E-state index < -0.39 is 0 Å². The highest BCUT2D eigenvalue weighted by Crippen LogP contribution is 2.20. The largest absolute Gasteiger partial charge is 0.340 e. The fourth-order valence-electron chi connectivity index (χ4n) is 2.77. The topological polar surface area (TPSA) is 69.0 Å². The average molecular weight is 356 g/mol. The number of nitrogens with one attached hydrogen (secondary N) is 1. The predicted octanol–water partition coefficient (Wildman–Crippen LogP) is 4.67. The van der Waals surface area contributed by atoms with E-state index in [0.717, 1.165) is 16.9 Å². The third-order valence-corrected chi connectivity index (χ3v) is 4.17. The Morgan fingerprint density at radius 1 is 1.15 bits per heavy atom. The van der Waals surface area contributed by atoms with Crippen LogP contribution in [0.5, 0.6) is 0 Å². The first-order chi connectivity index (χ1) is 13.1. The zero-order valence-corrected chi connectivity index (χ0v) is 15.3. The van der Waals surface area contributed by atoms with Crippen molar-refractivity contribution in [2.75, 3.05) is 16.8 Å². The number of hydrogen-bond acceptors (Lipinski definition) is 4. The standard InChI is InChI=1S/C22H20N4O/c1-3-26(20-6-4-5-16(2)13-20)22(27)18-9-12-21(24-15-18)25-19-10-7-17(14-23)8-11-19/h4-13,15H,3H2,1-2H3,(H,24,25). The van der Waals surface area contributed by atoms with E-state index in [-0.39, 0.29) is 5.91 Å². The van der Waals surface area contributed by atoms with Crippen LogP contribution < -0.4 is 10.2 Å². The van der Waals surface area contributed by atoms with Crippen LogP contribution in [0.1, 0.15) is 28.4 Å². The molecule has 1 aromatic heterocycles. The van der Waals surface area contributed by atoms with Gasteiger partial charge < -0.3 is 10.2 Å². The Morgan fingerprint density at radius 2 is 1.93 bits per heavy atom. The van der Waals surface area contributed by atoms with Crippen LogP contribution in [0, 0.1) is 18.3 Å². The lowest BCUT2D eigenvalue weighted by molar-refractivity contribution is 0.0988. The molecule has 27 heavy (non-hydrogen) atoms. The first-order valence-electron chi connectivity index (χ1n) is 8.72. The van der Waals surface area contributed by atoms with Crippen LogP contribution in [0.15, 0.2) is 66.9 Å². The SMILES string of the molecule is CCN(C(=O)c1ccc(Nc2ccc(C#N)cc2)nc1)c1cccc(C)c1. The summed E-state index contributed by atoms with van der Waals surface area (Å²) in [6.45, 7) is 4.54. The van der Waals surface area contributed by atoms with Crippen molar-refractivity contribution in [3.63, 3.8) is 0 Å². The number of amides is 1. The van der Waals surface area contributed by atoms with Crippen molar-refractivity contribution < 1.29 is 4.79 Å². The summed E-state index contributed by atoms with van der Waals surface area (Å²) in [6.07, 6.45) is 1.58. The fourth-order valence-corrected chi connectivity index (χ4v) is 2.77. The van der Waals surface area contributed by atoms with Gasteiger partial charge in [0.1, 0.15) is 5.82 Å². The number of aryl methyl sites for hydroxylation is 1. The normalized spacial score (nSPS) is 10.1. The van der Waals surface area contributed by atoms with Gasteiger partial charge in [-0.25, -0.2) is 4.98 Å². The highest BCUT2D eigenvalue weighted by atomic mass is 16.2. The number of nitriles is 1. The average Bonchev–Trinajstić information content (AvgIpc) is 2.70. The van der Waals surface area contributed by atoms with Gasteiger partial charge in [-0.3, -0.25) is 4.79 Å². The van der Waals surface area contributed by atoms with Gasteiger partial charge in [-0.1, -0.05) is 12.1 Å². The molecule has 3 rings (SSSR count). The minimum absolute atomic E-state index is 0.0828. The van der Waals surface area contributed by atoms with Gasteiger partial charge in [0.2, 0.25) is 0 Å². The molecule has 0 unspecified atom stereocenters. The molecule has 0 fully saturated rings. The molecular weight excluding hydrogens is 336 g/mol. The molecular formula is C22H20N4O. The molecule has 2 aromatic carbocycles. The molecule has 0 saturated heterocycles. The molecule has 1 amide bonds. The van der Waals surface area contributed by atoms with Crippen molar-refractivity contribution in [3.8, 4) is 6.07 Å². The number of rotatable bonds is 5. The lowest BCUT2D eigenvalue weighted by Gasteiger charge is -2.21. The van der Waals surface area contributed by atoms with E-state index in [0.29, 0.717) is 23.5 Å². The highest BCUT2D eigenvalue weighted by molar-refractivity contribution is 6.06. The number of nitrogens with zero attached hydrogens (tertiary/aromatic N) is 3. The quantitative estimate of drug-likeness (QED) is 0.721. The number of carbonyl (C=O) groups is 1. The minimum atomic E-state index is -0.0828. The summed E-state index contributed by atoms with van der Waals surface area (Å²) in [7, 11) is 0. The van der Waals surface area contributed by atoms with Crippen molar-refractivity contribution in [1.29, 1.82) is 5.26 Å². The Morgan fingerprint density at radius 3 is 2.52 bits per heavy atom. The molecule has 0 atom stereocenters. The number of aromatic nitrogens is 1. The van der Waals surface area contributed by atoms with Gasteiger partial charge in [0, 0.05) is 24.1 Å². The van der Waals surface area contributed by atoms with Gasteiger partial charge in [-0.2, -0.15) is 5.26 Å². The Kier molecular flexibility index (Phi) is 5.48. The Bertz CT molecular complexity index is 972. The summed E-state index contributed by atoms with van der Waals surface area (Å²) >= 11 is 0. The lowest BCUT2D eigenvalue weighted by atomic mass is 10.1. The van der Waals surface area contributed by atoms with E-state index in [1.165, 1.54) is 0 Å². The molecule has 0 bridgehead atoms. The van der Waals surface area contributed by atoms with E-state index in [2.05, 4.69) is 16.4 Å². The van der Waals surface area contributed by atoms with Gasteiger partial charge in [0.05, 0.1) is 17.2 Å². The first kappa shape index (κ1) is 18.2. The summed E-state index contributed by atoms with van der Waals surface area (Å²) < 4.78 is 0. The van der Waals surface area contributed by atoms with E-state index in [9.17, 15) is 4.79 Å². The molecule has 3 aromatic rings. The second-order valence-electron chi connectivity index (χ2n) is 6.13. The molecule has 0 aliphatic heterocycles. The minimum Gasteiger partial charge on any atom is -0.340 e. The van der Waals surface area contributed by atoms with E-state index in [4.69, 9.17) is 5.26 Å². The second kappa shape index (κ2) is 8.15. The second-order valence-corrected chi connectivity index (χ2v) is 6.13. The third-order valence-electron chi connectivity index (χ3n) is 4.17. The number of anilines is 3. The van der Waals surface area contributed by atoms with Crippen LogP contribution in [0.3, 0.4) is 0 Å². The molecule has 1 N–H and O–H groups in total. The molecule has 0 spiro atoms. The Hall–Kier alpha value is -3.65. The van der Waals surface area contributed by atoms with Gasteiger partial charge in [0.15, 0.2) is 0 Å². The maximum atomic E-state index is 12.9. The maximum absolute atomic E-state index is 12.9. The molecule has 5 nitrogen and oxygen atoms in total. The molecule has 1 heterocycles. The number of benzene rings is 2. The molecule has 0 aliphatic carbocycles. The van der Waals surface area contributed by atoms with Crippen molar-refractivity contribution in [2.24, 2.45) is 0 Å². The van der Waals surface area contributed by atoms with E-state index >= 15 is 0 Å². The maximum Gasteiger partial charge on any atom is 0.259 e. The molecule has 5 heteroatoms. The van der Waals surface area contributed by atoms with Crippen molar-refractivity contribution >= 4 is 23.1 Å². The predicted molar refractivity (Wildman–Crippen MR) is 107 cm³/mol. The zero-order valence-electron chi connectivity index (χ0n) is 15.3. The van der Waals surface area contributed by atoms with E-state index in [1.54, 1.807) is 35.4 Å². The molecule has 0 saturated carbocycles. The number of carbonyl (C=O) groups excluding carboxylic acids is 1. The smallest absolute Gasteiger partial charge is 0.259 e. The highest BCUT2D eigenvalue weighted by Gasteiger charge is 2.16. The van der Waals surface area contributed by atoms with Gasteiger partial charge in [-0.15, -0.1) is 0 Å². The third kappa shape index (κ3) is 4.31. The van der Waals surface area contributed by atoms with Crippen LogP contribution in [0.2, 0.25) is 0 Å². The molecule has 0 aliphatic rings. The Balaban J connectivity index is 1.75. The van der Waals surface area contributed by atoms with Crippen LogP contribution in [-0.4, -0.2) is 17.4 Å². The van der Waals surface area contributed by atoms with Crippen LogP contribution in [0.4, 0.5) is 17.2 Å². The summed E-state index contributed by atoms with van der Waals surface area (Å²) in [5.74, 6) is 0.551. The lowest BCUT2D eigenvalue weighted by Crippen LogP contribution is -2.30. The fraction of sp³-hybridized carbons (Fsp3) is 0.136. The van der Waals surface area contributed by atoms with Gasteiger partial charge in [0.25, 0.3) is 5.91 Å². The Labute approximate surface area is 158 Å². The summed E-state index contributed by atoms with van der Waals surface area (Å²) in [5.41, 5.74) is 3.95. The number of hydrogen-bond donors (Lipinski definition) is 1. The van der Waals surface area contributed by atoms with Gasteiger partial charge in [-0.05, 0) is 67.9 Å². The van der Waals surface area contributed by atoms with Crippen LogP contribution >= 0.6 is 0 Å². The van der Waals surface area contributed by atoms with Crippen molar-refractivity contribution in [3.05, 3.63) is 83.6 Å². The number of pyridine rings is 1. The molecule has 0 radical (unpaired) electrons. The van der Waals surface area contributed by atoms with Crippen LogP contribution in [0.25, 0.3) is 0 Å². The van der Waals surface area contributed by atoms with E-state index in [1.807, 2.05) is 50.2 Å². The van der Waals surface area contributed by atoms with Crippen molar-refractivity contribution in [2.45, 2.75) is 13.8 Å². The summed E-state index contributed by atoms with van der Waals surface area (Å²) in [4.78, 5) is 18.9.